The first-order valence-electron chi connectivity index (χ1n) is 38.7. The largest absolute Gasteiger partial charge is 0.491 e. The Morgan fingerprint density at radius 3 is 0.642 bits per heavy atom. The van der Waals surface area contributed by atoms with E-state index in [1.165, 1.54) is 0 Å². The van der Waals surface area contributed by atoms with Crippen molar-refractivity contribution in [2.75, 3.05) is 47.7 Å². The first kappa shape index (κ1) is 83.1. The van der Waals surface area contributed by atoms with E-state index < -0.39 is 24.2 Å². The quantitative estimate of drug-likeness (QED) is 0.0267. The lowest BCUT2D eigenvalue weighted by atomic mass is 10.0. The lowest BCUT2D eigenvalue weighted by Gasteiger charge is -2.16. The number of fused-ring (bicyclic) bond motifs is 4. The molecular formula is C92H88N16O12. The van der Waals surface area contributed by atoms with E-state index in [-0.39, 0.29) is 97.1 Å². The van der Waals surface area contributed by atoms with Crippen molar-refractivity contribution in [3.05, 3.63) is 359 Å². The molecule has 120 heavy (non-hydrogen) atoms. The molecule has 4 aromatic heterocycles. The van der Waals surface area contributed by atoms with E-state index in [0.29, 0.717) is 71.4 Å². The Labute approximate surface area is 691 Å². The summed E-state index contributed by atoms with van der Waals surface area (Å²) in [6.07, 6.45) is 13.4. The molecule has 16 N–H and O–H groups in total. The lowest BCUT2D eigenvalue weighted by molar-refractivity contribution is -0.123. The van der Waals surface area contributed by atoms with E-state index >= 15 is 0 Å². The highest BCUT2D eigenvalue weighted by Gasteiger charge is 2.31. The summed E-state index contributed by atoms with van der Waals surface area (Å²) in [5, 5.41) is 23.1. The number of rotatable bonds is 24. The fourth-order valence-electron chi connectivity index (χ4n) is 13.5. The maximum absolute atomic E-state index is 12.5. The molecule has 0 fully saturated rings. The molecule has 16 rings (SSSR count). The molecule has 0 bridgehead atoms. The fraction of sp³-hybridized carbons (Fsp3) is 0.174. The Morgan fingerprint density at radius 1 is 0.267 bits per heavy atom. The number of nitrogens with one attached hydrogen (secondary N) is 8. The summed E-state index contributed by atoms with van der Waals surface area (Å²) in [5.41, 5.74) is 36.6. The molecule has 0 spiro atoms. The summed E-state index contributed by atoms with van der Waals surface area (Å²) in [6.45, 7) is 1.67. The standard InChI is InChI=1S/4C23H22N4O3/c4*24-19(13-22(28)27-20-14-30-21-4-2-1-3-18(20)21)15-5-7-16(8-6-15)23(29)26-17-9-11-25-12-10-17/h4*1-12,19-20H,13-14,24H2,(H,27,28)(H,25,26,29)/t2*19-,20+;2*19-,20-/m1010/s1. The van der Waals surface area contributed by atoms with Crippen LogP contribution in [0.3, 0.4) is 0 Å². The molecule has 8 amide bonds. The zero-order valence-electron chi connectivity index (χ0n) is 65.0. The molecule has 0 unspecified atom stereocenters. The molecule has 0 saturated heterocycles. The second-order valence-corrected chi connectivity index (χ2v) is 28.4. The number of pyridine rings is 4. The normalized spacial score (nSPS) is 15.6. The molecule has 4 aliphatic heterocycles. The van der Waals surface area contributed by atoms with E-state index in [4.69, 9.17) is 41.9 Å². The summed E-state index contributed by atoms with van der Waals surface area (Å²) in [4.78, 5) is 115. The van der Waals surface area contributed by atoms with Crippen LogP contribution < -0.4 is 84.4 Å². The van der Waals surface area contributed by atoms with Crippen LogP contribution in [0, 0.1) is 0 Å². The van der Waals surface area contributed by atoms with Gasteiger partial charge < -0.3 is 84.4 Å². The zero-order chi connectivity index (χ0) is 83.7. The molecule has 28 nitrogen and oxygen atoms in total. The molecule has 608 valence electrons. The van der Waals surface area contributed by atoms with Crippen molar-refractivity contribution in [1.29, 1.82) is 0 Å². The van der Waals surface area contributed by atoms with Crippen LogP contribution in [0.25, 0.3) is 0 Å². The van der Waals surface area contributed by atoms with Gasteiger partial charge in [-0.1, -0.05) is 121 Å². The molecule has 0 radical (unpaired) electrons. The third kappa shape index (κ3) is 22.8. The summed E-state index contributed by atoms with van der Waals surface area (Å²) < 4.78 is 22.4. The highest BCUT2D eigenvalue weighted by atomic mass is 16.5. The van der Waals surface area contributed by atoms with E-state index in [2.05, 4.69) is 62.5 Å². The number of benzene rings is 8. The van der Waals surface area contributed by atoms with Crippen molar-refractivity contribution in [1.82, 2.24) is 41.2 Å². The maximum Gasteiger partial charge on any atom is 0.255 e. The first-order valence-corrected chi connectivity index (χ1v) is 38.7. The fourth-order valence-corrected chi connectivity index (χ4v) is 13.5. The minimum atomic E-state index is -0.472. The number of carbonyl (C=O) groups is 8. The van der Waals surface area contributed by atoms with Gasteiger partial charge in [-0.3, -0.25) is 58.3 Å². The Hall–Kier alpha value is -14.8. The van der Waals surface area contributed by atoms with Crippen LogP contribution in [0.4, 0.5) is 22.7 Å². The summed E-state index contributed by atoms with van der Waals surface area (Å²) in [7, 11) is 0. The summed E-state index contributed by atoms with van der Waals surface area (Å²) >= 11 is 0. The van der Waals surface area contributed by atoms with Crippen molar-refractivity contribution in [2.24, 2.45) is 22.9 Å². The van der Waals surface area contributed by atoms with Crippen molar-refractivity contribution in [3.8, 4) is 23.0 Å². The number of amides is 8. The van der Waals surface area contributed by atoms with Gasteiger partial charge in [0.15, 0.2) is 0 Å². The molecule has 8 aromatic carbocycles. The van der Waals surface area contributed by atoms with Gasteiger partial charge in [-0.15, -0.1) is 0 Å². The SMILES string of the molecule is N[C@@H](CC(=O)N[C@@H]1COc2ccccc21)c1ccc(C(=O)Nc2ccncc2)cc1.N[C@@H](CC(=O)N[C@H]1COc2ccccc21)c1ccc(C(=O)Nc2ccncc2)cc1.N[C@H](CC(=O)N[C@@H]1COc2ccccc21)c1ccc(C(=O)Nc2ccncc2)cc1.N[C@H](CC(=O)N[C@H]1COc2ccccc21)c1ccc(C(=O)Nc2ccncc2)cc1. The molecule has 4 aliphatic rings. The average molecular weight is 1610 g/mol. The minimum Gasteiger partial charge on any atom is -0.491 e. The number of aromatic nitrogens is 4. The van der Waals surface area contributed by atoms with E-state index in [1.54, 1.807) is 195 Å². The molecular weight excluding hydrogens is 1520 g/mol. The van der Waals surface area contributed by atoms with E-state index in [9.17, 15) is 38.4 Å². The van der Waals surface area contributed by atoms with E-state index in [1.807, 2.05) is 97.1 Å². The molecule has 12 aromatic rings. The number of anilines is 4. The van der Waals surface area contributed by atoms with Crippen LogP contribution in [-0.4, -0.2) is 93.6 Å². The Morgan fingerprint density at radius 2 is 0.450 bits per heavy atom. The van der Waals surface area contributed by atoms with Crippen LogP contribution >= 0.6 is 0 Å². The number of para-hydroxylation sites is 4. The topological polar surface area (TPSA) is 425 Å². The van der Waals surface area contributed by atoms with Crippen LogP contribution in [0.2, 0.25) is 0 Å². The van der Waals surface area contributed by atoms with Crippen molar-refractivity contribution in [2.45, 2.75) is 74.0 Å². The van der Waals surface area contributed by atoms with Crippen molar-refractivity contribution >= 4 is 70.0 Å². The van der Waals surface area contributed by atoms with Crippen molar-refractivity contribution in [3.63, 3.8) is 0 Å². The van der Waals surface area contributed by atoms with Crippen LogP contribution in [0.5, 0.6) is 23.0 Å². The van der Waals surface area contributed by atoms with Gasteiger partial charge in [0, 0.05) is 167 Å². The van der Waals surface area contributed by atoms with Crippen LogP contribution in [0.1, 0.15) is 160 Å². The van der Waals surface area contributed by atoms with Gasteiger partial charge in [0.25, 0.3) is 23.6 Å². The number of hydrogen-bond acceptors (Lipinski definition) is 20. The highest BCUT2D eigenvalue weighted by molar-refractivity contribution is 6.06. The number of ether oxygens (including phenoxy) is 4. The number of carbonyl (C=O) groups excluding carboxylic acids is 8. The third-order valence-corrected chi connectivity index (χ3v) is 19.9. The first-order chi connectivity index (χ1) is 58.4. The van der Waals surface area contributed by atoms with Gasteiger partial charge in [-0.25, -0.2) is 0 Å². The average Bonchev–Trinajstić information content (AvgIpc) is 1.72. The maximum atomic E-state index is 12.5. The Balaban J connectivity index is 0.000000138. The molecule has 0 aliphatic carbocycles. The Kier molecular flexibility index (Phi) is 28.1. The van der Waals surface area contributed by atoms with Gasteiger partial charge in [-0.05, 0) is 144 Å². The Bertz CT molecular complexity index is 4830. The monoisotopic (exact) mass is 1610 g/mol. The van der Waals surface area contributed by atoms with Crippen molar-refractivity contribution < 1.29 is 57.3 Å². The third-order valence-electron chi connectivity index (χ3n) is 19.9. The van der Waals surface area contributed by atoms with Gasteiger partial charge in [0.05, 0.1) is 24.2 Å². The van der Waals surface area contributed by atoms with Crippen LogP contribution in [-0.2, 0) is 19.2 Å². The van der Waals surface area contributed by atoms with Gasteiger partial charge >= 0.3 is 0 Å². The molecule has 0 saturated carbocycles. The second kappa shape index (κ2) is 40.6. The molecule has 28 heteroatoms. The van der Waals surface area contributed by atoms with Gasteiger partial charge in [-0.2, -0.15) is 0 Å². The second-order valence-electron chi connectivity index (χ2n) is 28.4. The predicted octanol–water partition coefficient (Wildman–Crippen LogP) is 11.9. The number of nitrogens with two attached hydrogens (primary N) is 4. The minimum absolute atomic E-state index is 0.140. The van der Waals surface area contributed by atoms with Crippen LogP contribution in [0.15, 0.2) is 292 Å². The number of nitrogens with zero attached hydrogens (tertiary/aromatic N) is 4. The molecule has 8 heterocycles. The number of hydrogen-bond donors (Lipinski definition) is 12. The molecule has 8 atom stereocenters. The zero-order valence-corrected chi connectivity index (χ0v) is 65.0. The highest BCUT2D eigenvalue weighted by Crippen LogP contribution is 2.36. The predicted molar refractivity (Wildman–Crippen MR) is 452 cm³/mol. The van der Waals surface area contributed by atoms with E-state index in [0.717, 1.165) is 67.5 Å². The summed E-state index contributed by atoms with van der Waals surface area (Å²) in [5.74, 6) is 1.72. The smallest absolute Gasteiger partial charge is 0.255 e. The van der Waals surface area contributed by atoms with Gasteiger partial charge in [0.2, 0.25) is 23.6 Å². The summed E-state index contributed by atoms with van der Waals surface area (Å²) in [6, 6.07) is 69.6. The lowest BCUT2D eigenvalue weighted by Crippen LogP contribution is -2.31. The van der Waals surface area contributed by atoms with Gasteiger partial charge in [0.1, 0.15) is 49.4 Å².